The number of likely N-dealkylation sites (tertiary alicyclic amines) is 1. The van der Waals surface area contributed by atoms with Gasteiger partial charge in [-0.15, -0.1) is 0 Å². The Hall–Kier alpha value is -1.35. The molecular weight excluding hydrogens is 236 g/mol. The number of hydrogen-bond donors (Lipinski definition) is 1. The molecular formula is C16H24N2O. The van der Waals surface area contributed by atoms with Crippen LogP contribution < -0.4 is 5.73 Å². The molecule has 0 spiro atoms. The van der Waals surface area contributed by atoms with E-state index in [1.54, 1.807) is 6.92 Å². The van der Waals surface area contributed by atoms with Crippen LogP contribution in [0.5, 0.6) is 0 Å². The minimum Gasteiger partial charge on any atom is -0.341 e. The van der Waals surface area contributed by atoms with E-state index in [1.165, 1.54) is 5.56 Å². The van der Waals surface area contributed by atoms with E-state index in [0.29, 0.717) is 11.8 Å². The number of rotatable bonds is 3. The van der Waals surface area contributed by atoms with Crippen molar-refractivity contribution in [2.75, 3.05) is 13.1 Å². The molecule has 104 valence electrons. The van der Waals surface area contributed by atoms with Crippen LogP contribution in [0.2, 0.25) is 0 Å². The van der Waals surface area contributed by atoms with Gasteiger partial charge in [0.05, 0.1) is 6.04 Å². The van der Waals surface area contributed by atoms with Gasteiger partial charge in [0.1, 0.15) is 0 Å². The monoisotopic (exact) mass is 260 g/mol. The number of hydrogen-bond acceptors (Lipinski definition) is 2. The van der Waals surface area contributed by atoms with Crippen LogP contribution in [0.4, 0.5) is 0 Å². The molecule has 1 fully saturated rings. The predicted molar refractivity (Wildman–Crippen MR) is 77.8 cm³/mol. The van der Waals surface area contributed by atoms with E-state index in [2.05, 4.69) is 37.3 Å². The molecule has 0 radical (unpaired) electrons. The molecule has 1 aliphatic heterocycles. The van der Waals surface area contributed by atoms with Gasteiger partial charge in [-0.05, 0) is 30.7 Å². The normalized spacial score (nSPS) is 25.1. The second-order valence-corrected chi connectivity index (χ2v) is 5.55. The van der Waals surface area contributed by atoms with Crippen molar-refractivity contribution in [3.05, 3.63) is 35.9 Å². The highest BCUT2D eigenvalue weighted by Crippen LogP contribution is 2.34. The van der Waals surface area contributed by atoms with Gasteiger partial charge >= 0.3 is 0 Å². The summed E-state index contributed by atoms with van der Waals surface area (Å²) < 4.78 is 0. The molecule has 19 heavy (non-hydrogen) atoms. The topological polar surface area (TPSA) is 46.3 Å². The van der Waals surface area contributed by atoms with Crippen LogP contribution >= 0.6 is 0 Å². The summed E-state index contributed by atoms with van der Waals surface area (Å²) in [4.78, 5) is 13.9. The van der Waals surface area contributed by atoms with Crippen molar-refractivity contribution in [3.8, 4) is 0 Å². The number of carbonyl (C=O) groups excluding carboxylic acids is 1. The van der Waals surface area contributed by atoms with Crippen molar-refractivity contribution in [1.29, 1.82) is 0 Å². The molecule has 3 heteroatoms. The average Bonchev–Trinajstić information content (AvgIpc) is 2.46. The summed E-state index contributed by atoms with van der Waals surface area (Å²) in [5.74, 6) is 1.20. The summed E-state index contributed by atoms with van der Waals surface area (Å²) in [5, 5.41) is 0. The van der Waals surface area contributed by atoms with Gasteiger partial charge in [0, 0.05) is 13.1 Å². The first-order valence-corrected chi connectivity index (χ1v) is 7.22. The van der Waals surface area contributed by atoms with Gasteiger partial charge < -0.3 is 10.6 Å². The lowest BCUT2D eigenvalue weighted by atomic mass is 9.79. The number of amides is 1. The van der Waals surface area contributed by atoms with E-state index < -0.39 is 0 Å². The van der Waals surface area contributed by atoms with E-state index in [4.69, 9.17) is 5.73 Å². The van der Waals surface area contributed by atoms with Crippen molar-refractivity contribution in [3.63, 3.8) is 0 Å². The highest BCUT2D eigenvalue weighted by Gasteiger charge is 2.31. The predicted octanol–water partition coefficient (Wildman–Crippen LogP) is 2.38. The Morgan fingerprint density at radius 1 is 1.42 bits per heavy atom. The lowest BCUT2D eigenvalue weighted by Gasteiger charge is -2.39. The van der Waals surface area contributed by atoms with Crippen LogP contribution in [-0.2, 0) is 4.79 Å². The molecule has 1 saturated heterocycles. The molecule has 0 bridgehead atoms. The molecule has 1 aromatic carbocycles. The molecule has 0 saturated carbocycles. The van der Waals surface area contributed by atoms with Crippen LogP contribution in [0.15, 0.2) is 30.3 Å². The van der Waals surface area contributed by atoms with E-state index in [1.807, 2.05) is 4.90 Å². The van der Waals surface area contributed by atoms with Gasteiger partial charge in [-0.3, -0.25) is 4.79 Å². The summed E-state index contributed by atoms with van der Waals surface area (Å²) >= 11 is 0. The molecule has 2 unspecified atom stereocenters. The fourth-order valence-corrected chi connectivity index (χ4v) is 3.07. The van der Waals surface area contributed by atoms with E-state index in [0.717, 1.165) is 25.9 Å². The van der Waals surface area contributed by atoms with Crippen LogP contribution in [0.25, 0.3) is 0 Å². The van der Waals surface area contributed by atoms with Crippen molar-refractivity contribution >= 4 is 5.91 Å². The van der Waals surface area contributed by atoms with Crippen LogP contribution in [0.3, 0.4) is 0 Å². The molecule has 1 aromatic rings. The lowest BCUT2D eigenvalue weighted by molar-refractivity contribution is -0.134. The molecule has 0 aliphatic carbocycles. The Balaban J connectivity index is 2.09. The first kappa shape index (κ1) is 14.1. The third kappa shape index (κ3) is 3.16. The number of nitrogens with zero attached hydrogens (tertiary/aromatic N) is 1. The summed E-state index contributed by atoms with van der Waals surface area (Å²) in [7, 11) is 0. The Labute approximate surface area is 115 Å². The van der Waals surface area contributed by atoms with E-state index in [-0.39, 0.29) is 11.9 Å². The Bertz CT molecular complexity index is 416. The molecule has 1 aliphatic rings. The van der Waals surface area contributed by atoms with Gasteiger partial charge in [0.2, 0.25) is 5.91 Å². The minimum absolute atomic E-state index is 0.0879. The van der Waals surface area contributed by atoms with Gasteiger partial charge in [-0.2, -0.15) is 0 Å². The number of benzene rings is 1. The molecule has 1 heterocycles. The Morgan fingerprint density at radius 2 is 2.11 bits per heavy atom. The standard InChI is InChI=1S/C16H24N2O/c1-3-13-11-18(16(19)12(2)17)10-9-15(13)14-7-5-4-6-8-14/h4-8,12-13,15H,3,9-11,17H2,1-2H3/t12-,13?,15?/m0/s1. The Kier molecular flexibility index (Phi) is 4.59. The third-order valence-corrected chi connectivity index (χ3v) is 4.19. The zero-order valence-electron chi connectivity index (χ0n) is 11.9. The van der Waals surface area contributed by atoms with Crippen LogP contribution in [-0.4, -0.2) is 29.9 Å². The smallest absolute Gasteiger partial charge is 0.239 e. The summed E-state index contributed by atoms with van der Waals surface area (Å²) in [6.07, 6.45) is 2.14. The minimum atomic E-state index is -0.384. The summed E-state index contributed by atoms with van der Waals surface area (Å²) in [5.41, 5.74) is 7.11. The fraction of sp³-hybridized carbons (Fsp3) is 0.562. The average molecular weight is 260 g/mol. The first-order chi connectivity index (χ1) is 9.13. The highest BCUT2D eigenvalue weighted by atomic mass is 16.2. The number of carbonyl (C=O) groups is 1. The maximum absolute atomic E-state index is 12.0. The zero-order chi connectivity index (χ0) is 13.8. The van der Waals surface area contributed by atoms with Gasteiger partial charge in [-0.25, -0.2) is 0 Å². The van der Waals surface area contributed by atoms with Crippen molar-refractivity contribution in [2.24, 2.45) is 11.7 Å². The molecule has 0 aromatic heterocycles. The van der Waals surface area contributed by atoms with Crippen LogP contribution in [0.1, 0.15) is 38.2 Å². The summed E-state index contributed by atoms with van der Waals surface area (Å²) in [6.45, 7) is 5.65. The van der Waals surface area contributed by atoms with Crippen molar-refractivity contribution < 1.29 is 4.79 Å². The van der Waals surface area contributed by atoms with Gasteiger partial charge in [0.25, 0.3) is 0 Å². The highest BCUT2D eigenvalue weighted by molar-refractivity contribution is 5.81. The van der Waals surface area contributed by atoms with Crippen molar-refractivity contribution in [2.45, 2.75) is 38.6 Å². The van der Waals surface area contributed by atoms with Crippen molar-refractivity contribution in [1.82, 2.24) is 4.90 Å². The Morgan fingerprint density at radius 3 is 2.68 bits per heavy atom. The fourth-order valence-electron chi connectivity index (χ4n) is 3.07. The van der Waals surface area contributed by atoms with E-state index in [9.17, 15) is 4.79 Å². The number of piperidine rings is 1. The van der Waals surface area contributed by atoms with Gasteiger partial charge in [-0.1, -0.05) is 43.7 Å². The SMILES string of the molecule is CCC1CN(C(=O)[C@H](C)N)CCC1c1ccccc1. The second-order valence-electron chi connectivity index (χ2n) is 5.55. The second kappa shape index (κ2) is 6.20. The maximum atomic E-state index is 12.0. The lowest BCUT2D eigenvalue weighted by Crippen LogP contribution is -2.48. The van der Waals surface area contributed by atoms with E-state index >= 15 is 0 Å². The largest absolute Gasteiger partial charge is 0.341 e. The quantitative estimate of drug-likeness (QED) is 0.907. The third-order valence-electron chi connectivity index (χ3n) is 4.19. The molecule has 3 atom stereocenters. The molecule has 2 rings (SSSR count). The van der Waals surface area contributed by atoms with Gasteiger partial charge in [0.15, 0.2) is 0 Å². The van der Waals surface area contributed by atoms with Crippen LogP contribution in [0, 0.1) is 5.92 Å². The summed E-state index contributed by atoms with van der Waals surface area (Å²) in [6, 6.07) is 10.3. The molecule has 2 N–H and O–H groups in total. The molecule has 3 nitrogen and oxygen atoms in total. The zero-order valence-corrected chi connectivity index (χ0v) is 11.9. The number of nitrogens with two attached hydrogens (primary N) is 1. The maximum Gasteiger partial charge on any atom is 0.239 e. The first-order valence-electron chi connectivity index (χ1n) is 7.22. The molecule has 1 amide bonds.